The van der Waals surface area contributed by atoms with Crippen molar-refractivity contribution in [2.45, 2.75) is 25.4 Å². The molecule has 1 atom stereocenters. The van der Waals surface area contributed by atoms with Gasteiger partial charge in [-0.2, -0.15) is 0 Å². The number of aromatic nitrogens is 1. The molecule has 27 heavy (non-hydrogen) atoms. The van der Waals surface area contributed by atoms with E-state index in [1.54, 1.807) is 42.5 Å². The molecule has 6 heteroatoms. The van der Waals surface area contributed by atoms with Crippen LogP contribution in [0.4, 0.5) is 0 Å². The maximum Gasteiger partial charge on any atom is 0.226 e. The SMILES string of the molecule is C[C@@](O)(CNC(=O)Cc1csc(Cc2ccccc2)n1)c1cccc(Cl)c1. The molecule has 0 aliphatic carbocycles. The number of aliphatic hydroxyl groups is 1. The first-order valence-electron chi connectivity index (χ1n) is 8.65. The smallest absolute Gasteiger partial charge is 0.226 e. The summed E-state index contributed by atoms with van der Waals surface area (Å²) in [6.07, 6.45) is 0.952. The predicted octanol–water partition coefficient (Wildman–Crippen LogP) is 3.95. The van der Waals surface area contributed by atoms with E-state index < -0.39 is 5.60 Å². The van der Waals surface area contributed by atoms with Gasteiger partial charge in [-0.15, -0.1) is 11.3 Å². The van der Waals surface area contributed by atoms with Gasteiger partial charge in [0.2, 0.25) is 5.91 Å². The zero-order valence-corrected chi connectivity index (χ0v) is 16.6. The third kappa shape index (κ3) is 5.63. The second kappa shape index (κ2) is 8.65. The number of rotatable bonds is 7. The summed E-state index contributed by atoms with van der Waals surface area (Å²) in [5.74, 6) is -0.172. The lowest BCUT2D eigenvalue weighted by molar-refractivity contribution is -0.121. The monoisotopic (exact) mass is 400 g/mol. The fourth-order valence-electron chi connectivity index (χ4n) is 2.71. The summed E-state index contributed by atoms with van der Waals surface area (Å²) in [7, 11) is 0. The number of carbonyl (C=O) groups is 1. The van der Waals surface area contributed by atoms with Crippen LogP contribution in [0.5, 0.6) is 0 Å². The molecule has 0 saturated heterocycles. The van der Waals surface area contributed by atoms with E-state index in [-0.39, 0.29) is 18.9 Å². The number of amides is 1. The van der Waals surface area contributed by atoms with Crippen LogP contribution in [-0.4, -0.2) is 22.5 Å². The average molecular weight is 401 g/mol. The van der Waals surface area contributed by atoms with E-state index in [0.717, 1.165) is 17.1 Å². The lowest BCUT2D eigenvalue weighted by atomic mass is 9.96. The summed E-state index contributed by atoms with van der Waals surface area (Å²) in [5.41, 5.74) is 1.40. The molecule has 0 saturated carbocycles. The summed E-state index contributed by atoms with van der Waals surface area (Å²) in [6.45, 7) is 1.76. The zero-order valence-electron chi connectivity index (χ0n) is 15.0. The minimum atomic E-state index is -1.19. The molecule has 0 spiro atoms. The summed E-state index contributed by atoms with van der Waals surface area (Å²) >= 11 is 7.53. The Morgan fingerprint density at radius 3 is 2.74 bits per heavy atom. The van der Waals surface area contributed by atoms with Gasteiger partial charge in [0, 0.05) is 16.8 Å². The number of nitrogens with one attached hydrogen (secondary N) is 1. The van der Waals surface area contributed by atoms with Crippen molar-refractivity contribution in [1.29, 1.82) is 0 Å². The van der Waals surface area contributed by atoms with Crippen molar-refractivity contribution in [3.05, 3.63) is 86.8 Å². The van der Waals surface area contributed by atoms with Gasteiger partial charge in [0.15, 0.2) is 0 Å². The summed E-state index contributed by atoms with van der Waals surface area (Å²) in [6, 6.07) is 17.1. The van der Waals surface area contributed by atoms with Crippen molar-refractivity contribution in [3.63, 3.8) is 0 Å². The van der Waals surface area contributed by atoms with Crippen molar-refractivity contribution >= 4 is 28.8 Å². The highest BCUT2D eigenvalue weighted by molar-refractivity contribution is 7.09. The minimum Gasteiger partial charge on any atom is -0.384 e. The van der Waals surface area contributed by atoms with Crippen LogP contribution in [0.1, 0.15) is 28.8 Å². The summed E-state index contributed by atoms with van der Waals surface area (Å²) in [5, 5.41) is 16.8. The van der Waals surface area contributed by atoms with Crippen LogP contribution in [0.2, 0.25) is 5.02 Å². The molecule has 2 N–H and O–H groups in total. The quantitative estimate of drug-likeness (QED) is 0.631. The molecule has 0 radical (unpaired) electrons. The molecule has 1 heterocycles. The van der Waals surface area contributed by atoms with Gasteiger partial charge in [-0.25, -0.2) is 4.98 Å². The first-order valence-corrected chi connectivity index (χ1v) is 9.90. The van der Waals surface area contributed by atoms with E-state index >= 15 is 0 Å². The van der Waals surface area contributed by atoms with Crippen LogP contribution in [0.15, 0.2) is 60.0 Å². The van der Waals surface area contributed by atoms with E-state index in [2.05, 4.69) is 22.4 Å². The Bertz CT molecular complexity index is 909. The third-order valence-electron chi connectivity index (χ3n) is 4.22. The van der Waals surface area contributed by atoms with E-state index in [4.69, 9.17) is 11.6 Å². The lowest BCUT2D eigenvalue weighted by Crippen LogP contribution is -2.39. The molecule has 0 aliphatic heterocycles. The van der Waals surface area contributed by atoms with Crippen molar-refractivity contribution in [2.75, 3.05) is 6.54 Å². The zero-order chi connectivity index (χ0) is 19.3. The Morgan fingerprint density at radius 2 is 2.00 bits per heavy atom. The molecule has 1 amide bonds. The van der Waals surface area contributed by atoms with Crippen LogP contribution in [0.3, 0.4) is 0 Å². The number of halogens is 1. The van der Waals surface area contributed by atoms with Crippen LogP contribution >= 0.6 is 22.9 Å². The Labute approximate surface area is 167 Å². The second-order valence-electron chi connectivity index (χ2n) is 6.63. The Kier molecular flexibility index (Phi) is 6.26. The molecular weight excluding hydrogens is 380 g/mol. The van der Waals surface area contributed by atoms with Crippen molar-refractivity contribution < 1.29 is 9.90 Å². The highest BCUT2D eigenvalue weighted by Crippen LogP contribution is 2.23. The second-order valence-corrected chi connectivity index (χ2v) is 8.01. The van der Waals surface area contributed by atoms with Crippen molar-refractivity contribution in [2.24, 2.45) is 0 Å². The van der Waals surface area contributed by atoms with Crippen LogP contribution < -0.4 is 5.32 Å². The molecule has 140 valence electrons. The van der Waals surface area contributed by atoms with Gasteiger partial charge < -0.3 is 10.4 Å². The van der Waals surface area contributed by atoms with Gasteiger partial charge in [0.1, 0.15) is 5.60 Å². The first-order chi connectivity index (χ1) is 12.9. The molecule has 3 aromatic rings. The fourth-order valence-corrected chi connectivity index (χ4v) is 3.72. The molecule has 0 unspecified atom stereocenters. The van der Waals surface area contributed by atoms with Crippen LogP contribution in [-0.2, 0) is 23.2 Å². The minimum absolute atomic E-state index is 0.104. The number of thiazole rings is 1. The highest BCUT2D eigenvalue weighted by atomic mass is 35.5. The number of hydrogen-bond donors (Lipinski definition) is 2. The molecule has 0 bridgehead atoms. The van der Waals surface area contributed by atoms with Gasteiger partial charge in [0.05, 0.1) is 23.7 Å². The first kappa shape index (κ1) is 19.5. The molecule has 2 aromatic carbocycles. The molecule has 0 aliphatic rings. The molecule has 4 nitrogen and oxygen atoms in total. The van der Waals surface area contributed by atoms with E-state index in [1.807, 2.05) is 23.6 Å². The standard InChI is InChI=1S/C21H21ClN2O2S/c1-21(26,16-8-5-9-17(22)11-16)14-23-19(25)12-18-13-27-20(24-18)10-15-6-3-2-4-7-15/h2-9,11,13,26H,10,12,14H2,1H3,(H,23,25)/t21-/m1/s1. The topological polar surface area (TPSA) is 62.2 Å². The van der Waals surface area contributed by atoms with Crippen molar-refractivity contribution in [3.8, 4) is 0 Å². The van der Waals surface area contributed by atoms with Gasteiger partial charge in [0.25, 0.3) is 0 Å². The van der Waals surface area contributed by atoms with E-state index in [0.29, 0.717) is 10.6 Å². The Hall–Kier alpha value is -2.21. The molecule has 1 aromatic heterocycles. The van der Waals surface area contributed by atoms with Gasteiger partial charge in [-0.05, 0) is 30.2 Å². The predicted molar refractivity (Wildman–Crippen MR) is 109 cm³/mol. The summed E-state index contributed by atoms with van der Waals surface area (Å²) < 4.78 is 0. The normalized spacial score (nSPS) is 13.1. The number of nitrogens with zero attached hydrogens (tertiary/aromatic N) is 1. The van der Waals surface area contributed by atoms with Gasteiger partial charge in [-0.1, -0.05) is 54.1 Å². The van der Waals surface area contributed by atoms with Crippen LogP contribution in [0.25, 0.3) is 0 Å². The largest absolute Gasteiger partial charge is 0.384 e. The fraction of sp³-hybridized carbons (Fsp3) is 0.238. The Balaban J connectivity index is 1.53. The third-order valence-corrected chi connectivity index (χ3v) is 5.35. The van der Waals surface area contributed by atoms with Gasteiger partial charge >= 0.3 is 0 Å². The highest BCUT2D eigenvalue weighted by Gasteiger charge is 2.24. The van der Waals surface area contributed by atoms with Crippen LogP contribution in [0, 0.1) is 0 Å². The average Bonchev–Trinajstić information content (AvgIpc) is 3.08. The number of benzene rings is 2. The summed E-state index contributed by atoms with van der Waals surface area (Å²) in [4.78, 5) is 16.8. The molecule has 3 rings (SSSR count). The van der Waals surface area contributed by atoms with E-state index in [9.17, 15) is 9.90 Å². The molecular formula is C21H21ClN2O2S. The molecule has 0 fully saturated rings. The maximum absolute atomic E-state index is 12.2. The van der Waals surface area contributed by atoms with Crippen molar-refractivity contribution in [1.82, 2.24) is 10.3 Å². The van der Waals surface area contributed by atoms with Gasteiger partial charge in [-0.3, -0.25) is 4.79 Å². The number of hydrogen-bond acceptors (Lipinski definition) is 4. The maximum atomic E-state index is 12.2. The van der Waals surface area contributed by atoms with E-state index in [1.165, 1.54) is 5.56 Å². The Morgan fingerprint density at radius 1 is 1.22 bits per heavy atom. The lowest BCUT2D eigenvalue weighted by Gasteiger charge is -2.24. The number of carbonyl (C=O) groups excluding carboxylic acids is 1.